The standard InChI is InChI=1S/C17H22N2O4S/c20-15(18-10-6-2-1-3-9-17(22)23)11-19-13-7-4-5-8-14(13)24-12-16(19)21/h4-5,7-8H,1-3,6,9-12H2,(H,18,20)(H,22,23). The van der Waals surface area contributed by atoms with Crippen molar-refractivity contribution in [3.05, 3.63) is 24.3 Å². The minimum Gasteiger partial charge on any atom is -0.481 e. The van der Waals surface area contributed by atoms with E-state index >= 15 is 0 Å². The summed E-state index contributed by atoms with van der Waals surface area (Å²) >= 11 is 1.49. The quantitative estimate of drug-likeness (QED) is 0.667. The van der Waals surface area contributed by atoms with Crippen molar-refractivity contribution in [3.8, 4) is 0 Å². The van der Waals surface area contributed by atoms with Crippen molar-refractivity contribution < 1.29 is 19.5 Å². The van der Waals surface area contributed by atoms with E-state index < -0.39 is 5.97 Å². The molecule has 6 nitrogen and oxygen atoms in total. The molecule has 0 saturated heterocycles. The van der Waals surface area contributed by atoms with Gasteiger partial charge < -0.3 is 15.3 Å². The highest BCUT2D eigenvalue weighted by Crippen LogP contribution is 2.34. The van der Waals surface area contributed by atoms with Gasteiger partial charge in [-0.2, -0.15) is 0 Å². The number of hydrogen-bond donors (Lipinski definition) is 2. The normalized spacial score (nSPS) is 13.5. The van der Waals surface area contributed by atoms with Crippen LogP contribution < -0.4 is 10.2 Å². The molecule has 2 N–H and O–H groups in total. The maximum Gasteiger partial charge on any atom is 0.303 e. The first-order chi connectivity index (χ1) is 11.6. The summed E-state index contributed by atoms with van der Waals surface area (Å²) in [4.78, 5) is 37.1. The number of fused-ring (bicyclic) bond motifs is 1. The fourth-order valence-electron chi connectivity index (χ4n) is 2.51. The van der Waals surface area contributed by atoms with E-state index in [1.807, 2.05) is 24.3 Å². The number of nitrogens with one attached hydrogen (secondary N) is 1. The smallest absolute Gasteiger partial charge is 0.303 e. The maximum absolute atomic E-state index is 12.1. The minimum absolute atomic E-state index is 0.0371. The molecule has 0 fully saturated rings. The molecular weight excluding hydrogens is 328 g/mol. The van der Waals surface area contributed by atoms with Crippen molar-refractivity contribution in [1.82, 2.24) is 5.32 Å². The van der Waals surface area contributed by atoms with Gasteiger partial charge in [-0.3, -0.25) is 14.4 Å². The third-order valence-corrected chi connectivity index (χ3v) is 4.80. The molecule has 0 spiro atoms. The number of aliphatic carboxylic acids is 1. The van der Waals surface area contributed by atoms with Crippen LogP contribution in [0.3, 0.4) is 0 Å². The first-order valence-electron chi connectivity index (χ1n) is 8.08. The van der Waals surface area contributed by atoms with Gasteiger partial charge in [0.15, 0.2) is 0 Å². The second-order valence-electron chi connectivity index (χ2n) is 5.64. The SMILES string of the molecule is O=C(O)CCCCCCNC(=O)CN1C(=O)CSc2ccccc21. The summed E-state index contributed by atoms with van der Waals surface area (Å²) in [5, 5.41) is 11.4. The van der Waals surface area contributed by atoms with Crippen LogP contribution >= 0.6 is 11.8 Å². The van der Waals surface area contributed by atoms with Crippen molar-refractivity contribution in [2.24, 2.45) is 0 Å². The molecule has 0 bridgehead atoms. The van der Waals surface area contributed by atoms with Gasteiger partial charge >= 0.3 is 5.97 Å². The number of hydrogen-bond acceptors (Lipinski definition) is 4. The largest absolute Gasteiger partial charge is 0.481 e. The summed E-state index contributed by atoms with van der Waals surface area (Å²) < 4.78 is 0. The van der Waals surface area contributed by atoms with Crippen LogP contribution in [0.15, 0.2) is 29.2 Å². The van der Waals surface area contributed by atoms with E-state index in [0.29, 0.717) is 18.7 Å². The molecule has 0 unspecified atom stereocenters. The van der Waals surface area contributed by atoms with E-state index in [0.717, 1.165) is 29.8 Å². The number of para-hydroxylation sites is 1. The van der Waals surface area contributed by atoms with Crippen molar-refractivity contribution in [2.75, 3.05) is 23.7 Å². The Morgan fingerprint density at radius 3 is 2.71 bits per heavy atom. The fraction of sp³-hybridized carbons (Fsp3) is 0.471. The Morgan fingerprint density at radius 1 is 1.17 bits per heavy atom. The Kier molecular flexibility index (Phi) is 7.11. The average molecular weight is 350 g/mol. The molecule has 0 saturated carbocycles. The van der Waals surface area contributed by atoms with Crippen molar-refractivity contribution in [3.63, 3.8) is 0 Å². The number of carbonyl (C=O) groups excluding carboxylic acids is 2. The molecule has 1 aliphatic rings. The van der Waals surface area contributed by atoms with E-state index in [2.05, 4.69) is 5.32 Å². The lowest BCUT2D eigenvalue weighted by atomic mass is 10.1. The molecule has 24 heavy (non-hydrogen) atoms. The van der Waals surface area contributed by atoms with E-state index in [4.69, 9.17) is 5.11 Å². The van der Waals surface area contributed by atoms with Gasteiger partial charge in [0.05, 0.1) is 11.4 Å². The summed E-state index contributed by atoms with van der Waals surface area (Å²) in [6, 6.07) is 7.59. The van der Waals surface area contributed by atoms with Crippen LogP contribution in [0.1, 0.15) is 32.1 Å². The predicted molar refractivity (Wildman–Crippen MR) is 93.2 cm³/mol. The zero-order valence-corrected chi connectivity index (χ0v) is 14.3. The highest BCUT2D eigenvalue weighted by Gasteiger charge is 2.25. The number of unbranched alkanes of at least 4 members (excludes halogenated alkanes) is 3. The lowest BCUT2D eigenvalue weighted by molar-refractivity contribution is -0.137. The first-order valence-corrected chi connectivity index (χ1v) is 9.07. The van der Waals surface area contributed by atoms with Crippen LogP contribution in [0.2, 0.25) is 0 Å². The van der Waals surface area contributed by atoms with Gasteiger partial charge in [0.1, 0.15) is 6.54 Å². The lowest BCUT2D eigenvalue weighted by Crippen LogP contribution is -2.43. The molecule has 1 aromatic rings. The van der Waals surface area contributed by atoms with Crippen LogP contribution in [0, 0.1) is 0 Å². The number of thioether (sulfide) groups is 1. The van der Waals surface area contributed by atoms with E-state index in [1.165, 1.54) is 16.7 Å². The number of nitrogens with zero attached hydrogens (tertiary/aromatic N) is 1. The molecule has 1 aromatic carbocycles. The van der Waals surface area contributed by atoms with E-state index in [1.54, 1.807) is 0 Å². The fourth-order valence-corrected chi connectivity index (χ4v) is 3.45. The van der Waals surface area contributed by atoms with Gasteiger partial charge in [-0.05, 0) is 25.0 Å². The Hall–Kier alpha value is -2.02. The summed E-state index contributed by atoms with van der Waals surface area (Å²) in [6.07, 6.45) is 3.40. The Bertz CT molecular complexity index is 606. The number of carboxylic acid groups (broad SMARTS) is 1. The van der Waals surface area contributed by atoms with Crippen LogP contribution in [0.4, 0.5) is 5.69 Å². The van der Waals surface area contributed by atoms with Crippen LogP contribution in [-0.2, 0) is 14.4 Å². The number of carboxylic acids is 1. The topological polar surface area (TPSA) is 86.7 Å². The minimum atomic E-state index is -0.770. The predicted octanol–water partition coefficient (Wildman–Crippen LogP) is 2.28. The monoisotopic (exact) mass is 350 g/mol. The highest BCUT2D eigenvalue weighted by molar-refractivity contribution is 8.00. The van der Waals surface area contributed by atoms with Crippen LogP contribution in [-0.4, -0.2) is 41.7 Å². The van der Waals surface area contributed by atoms with Crippen LogP contribution in [0.5, 0.6) is 0 Å². The third-order valence-electron chi connectivity index (χ3n) is 3.75. The van der Waals surface area contributed by atoms with Crippen molar-refractivity contribution >= 4 is 35.2 Å². The number of anilines is 1. The third kappa shape index (κ3) is 5.56. The molecule has 1 aliphatic heterocycles. The lowest BCUT2D eigenvalue weighted by Gasteiger charge is -2.28. The second kappa shape index (κ2) is 9.32. The maximum atomic E-state index is 12.1. The second-order valence-corrected chi connectivity index (χ2v) is 6.66. The first kappa shape index (κ1) is 18.3. The number of benzene rings is 1. The molecule has 0 aromatic heterocycles. The highest BCUT2D eigenvalue weighted by atomic mass is 32.2. The molecule has 130 valence electrons. The summed E-state index contributed by atoms with van der Waals surface area (Å²) in [5.74, 6) is -0.639. The van der Waals surface area contributed by atoms with Gasteiger partial charge in [0.25, 0.3) is 0 Å². The van der Waals surface area contributed by atoms with Crippen molar-refractivity contribution in [2.45, 2.75) is 37.0 Å². The number of carbonyl (C=O) groups is 3. The summed E-state index contributed by atoms with van der Waals surface area (Å²) in [6.45, 7) is 0.583. The van der Waals surface area contributed by atoms with Gasteiger partial charge in [-0.1, -0.05) is 25.0 Å². The Morgan fingerprint density at radius 2 is 1.92 bits per heavy atom. The summed E-state index contributed by atoms with van der Waals surface area (Å²) in [7, 11) is 0. The molecule has 7 heteroatoms. The molecular formula is C17H22N2O4S. The van der Waals surface area contributed by atoms with Gasteiger partial charge in [0.2, 0.25) is 11.8 Å². The zero-order chi connectivity index (χ0) is 17.4. The molecule has 2 amide bonds. The van der Waals surface area contributed by atoms with Crippen LogP contribution in [0.25, 0.3) is 0 Å². The van der Waals surface area contributed by atoms with E-state index in [9.17, 15) is 14.4 Å². The van der Waals surface area contributed by atoms with E-state index in [-0.39, 0.29) is 24.8 Å². The van der Waals surface area contributed by atoms with Gasteiger partial charge in [-0.15, -0.1) is 11.8 Å². The zero-order valence-electron chi connectivity index (χ0n) is 13.5. The molecule has 0 aliphatic carbocycles. The molecule has 0 radical (unpaired) electrons. The van der Waals surface area contributed by atoms with Crippen molar-refractivity contribution in [1.29, 1.82) is 0 Å². The molecule has 2 rings (SSSR count). The molecule has 1 heterocycles. The number of amides is 2. The Labute approximate surface area is 145 Å². The molecule has 0 atom stereocenters. The summed E-state index contributed by atoms with van der Waals surface area (Å²) in [5.41, 5.74) is 0.794. The average Bonchev–Trinajstić information content (AvgIpc) is 2.56. The van der Waals surface area contributed by atoms with Gasteiger partial charge in [-0.25, -0.2) is 0 Å². The number of rotatable bonds is 9. The Balaban J connectivity index is 1.71. The van der Waals surface area contributed by atoms with Gasteiger partial charge in [0, 0.05) is 17.9 Å².